The molecule has 0 saturated heterocycles. The van der Waals surface area contributed by atoms with E-state index in [-0.39, 0.29) is 5.91 Å². The Labute approximate surface area is 181 Å². The van der Waals surface area contributed by atoms with Gasteiger partial charge in [-0.1, -0.05) is 42.5 Å². The number of carbonyl (C=O) groups excluding carboxylic acids is 1. The van der Waals surface area contributed by atoms with Crippen molar-refractivity contribution in [1.29, 1.82) is 0 Å². The molecule has 3 aromatic carbocycles. The fourth-order valence-corrected chi connectivity index (χ4v) is 3.17. The quantitative estimate of drug-likeness (QED) is 0.475. The molecule has 1 N–H and O–H groups in total. The molecule has 1 heterocycles. The highest BCUT2D eigenvalue weighted by Gasteiger charge is 2.11. The van der Waals surface area contributed by atoms with Crippen molar-refractivity contribution in [3.63, 3.8) is 0 Å². The molecule has 4 aromatic rings. The zero-order valence-corrected chi connectivity index (χ0v) is 17.3. The number of carbonyl (C=O) groups is 1. The summed E-state index contributed by atoms with van der Waals surface area (Å²) in [5.74, 6) is 1.51. The third-order valence-corrected chi connectivity index (χ3v) is 4.86. The van der Waals surface area contributed by atoms with Crippen LogP contribution in [0.15, 0.2) is 91.1 Å². The Morgan fingerprint density at radius 3 is 2.42 bits per heavy atom. The predicted octanol–water partition coefficient (Wildman–Crippen LogP) is 5.17. The highest BCUT2D eigenvalue weighted by atomic mass is 16.5. The summed E-state index contributed by atoms with van der Waals surface area (Å²) in [5.41, 5.74) is 3.60. The van der Waals surface area contributed by atoms with Crippen molar-refractivity contribution < 1.29 is 9.53 Å². The Morgan fingerprint density at radius 1 is 0.903 bits per heavy atom. The molecule has 0 unspecified atom stereocenters. The van der Waals surface area contributed by atoms with Gasteiger partial charge in [0.2, 0.25) is 5.95 Å². The molecule has 1 aromatic heterocycles. The Kier molecular flexibility index (Phi) is 5.89. The van der Waals surface area contributed by atoms with Crippen molar-refractivity contribution in [1.82, 2.24) is 9.97 Å². The van der Waals surface area contributed by atoms with E-state index in [1.165, 1.54) is 0 Å². The zero-order valence-electron chi connectivity index (χ0n) is 17.3. The molecule has 6 nitrogen and oxygen atoms in total. The third kappa shape index (κ3) is 4.70. The topological polar surface area (TPSA) is 67.3 Å². The summed E-state index contributed by atoms with van der Waals surface area (Å²) < 4.78 is 5.34. The van der Waals surface area contributed by atoms with Crippen LogP contribution in [0.25, 0.3) is 11.1 Å². The molecular formula is C25H22N4O2. The van der Waals surface area contributed by atoms with Crippen molar-refractivity contribution >= 4 is 23.4 Å². The van der Waals surface area contributed by atoms with Gasteiger partial charge in [-0.15, -0.1) is 0 Å². The first kappa shape index (κ1) is 20.1. The summed E-state index contributed by atoms with van der Waals surface area (Å²) in [7, 11) is 3.55. The van der Waals surface area contributed by atoms with E-state index in [0.717, 1.165) is 22.6 Å². The van der Waals surface area contributed by atoms with Crippen LogP contribution in [0.2, 0.25) is 0 Å². The second-order valence-electron chi connectivity index (χ2n) is 6.90. The van der Waals surface area contributed by atoms with Crippen LogP contribution in [0.1, 0.15) is 10.4 Å². The van der Waals surface area contributed by atoms with Crippen LogP contribution in [0.5, 0.6) is 5.75 Å². The Hall–Kier alpha value is -4.19. The Morgan fingerprint density at radius 2 is 1.65 bits per heavy atom. The van der Waals surface area contributed by atoms with Crippen LogP contribution < -0.4 is 15.0 Å². The number of methoxy groups -OCH3 is 1. The molecule has 154 valence electrons. The number of anilines is 3. The van der Waals surface area contributed by atoms with E-state index in [1.54, 1.807) is 31.5 Å². The fraction of sp³-hybridized carbons (Fsp3) is 0.0800. The van der Waals surface area contributed by atoms with E-state index in [9.17, 15) is 4.79 Å². The highest BCUT2D eigenvalue weighted by molar-refractivity contribution is 6.03. The maximum atomic E-state index is 12.4. The first-order valence-electron chi connectivity index (χ1n) is 9.82. The fourth-order valence-electron chi connectivity index (χ4n) is 3.17. The molecule has 1 amide bonds. The largest absolute Gasteiger partial charge is 0.497 e. The van der Waals surface area contributed by atoms with Gasteiger partial charge in [-0.25, -0.2) is 4.98 Å². The molecule has 6 heteroatoms. The Bertz CT molecular complexity index is 1190. The van der Waals surface area contributed by atoms with Gasteiger partial charge in [-0.3, -0.25) is 4.79 Å². The molecule has 0 radical (unpaired) electrons. The van der Waals surface area contributed by atoms with Crippen LogP contribution in [-0.2, 0) is 0 Å². The average Bonchev–Trinajstić information content (AvgIpc) is 2.84. The molecule has 0 spiro atoms. The lowest BCUT2D eigenvalue weighted by molar-refractivity contribution is 0.102. The van der Waals surface area contributed by atoms with Gasteiger partial charge in [-0.2, -0.15) is 4.98 Å². The number of hydrogen-bond acceptors (Lipinski definition) is 5. The zero-order chi connectivity index (χ0) is 21.6. The number of hydrogen-bond donors (Lipinski definition) is 1. The summed E-state index contributed by atoms with van der Waals surface area (Å²) >= 11 is 0. The van der Waals surface area contributed by atoms with E-state index < -0.39 is 0 Å². The van der Waals surface area contributed by atoms with Gasteiger partial charge < -0.3 is 15.0 Å². The van der Waals surface area contributed by atoms with E-state index >= 15 is 0 Å². The molecule has 0 aliphatic rings. The van der Waals surface area contributed by atoms with E-state index in [0.29, 0.717) is 17.3 Å². The van der Waals surface area contributed by atoms with Crippen molar-refractivity contribution in [2.24, 2.45) is 0 Å². The van der Waals surface area contributed by atoms with E-state index in [1.807, 2.05) is 72.6 Å². The van der Waals surface area contributed by atoms with Crippen LogP contribution in [-0.4, -0.2) is 30.0 Å². The molecule has 0 aliphatic heterocycles. The standard InChI is InChI=1S/C25H22N4O2/c1-29(21-12-6-10-19(16-21)20-11-7-13-22(17-20)31-2)25-26-15-14-23(28-25)27-24(30)18-8-4-3-5-9-18/h3-17H,1-2H3,(H,26,27,28,30). The van der Waals surface area contributed by atoms with E-state index in [2.05, 4.69) is 21.4 Å². The summed E-state index contributed by atoms with van der Waals surface area (Å²) in [6.07, 6.45) is 1.63. The van der Waals surface area contributed by atoms with Crippen LogP contribution in [0.4, 0.5) is 17.5 Å². The normalized spacial score (nSPS) is 10.4. The summed E-state index contributed by atoms with van der Waals surface area (Å²) in [6, 6.07) is 26.7. The first-order chi connectivity index (χ1) is 15.1. The number of aromatic nitrogens is 2. The van der Waals surface area contributed by atoms with Crippen molar-refractivity contribution in [3.8, 4) is 16.9 Å². The number of amides is 1. The molecular weight excluding hydrogens is 388 g/mol. The summed E-state index contributed by atoms with van der Waals surface area (Å²) in [4.78, 5) is 23.2. The maximum Gasteiger partial charge on any atom is 0.256 e. The van der Waals surface area contributed by atoms with Crippen LogP contribution in [0, 0.1) is 0 Å². The molecule has 0 atom stereocenters. The minimum Gasteiger partial charge on any atom is -0.497 e. The number of nitrogens with one attached hydrogen (secondary N) is 1. The van der Waals surface area contributed by atoms with Gasteiger partial charge in [0.15, 0.2) is 0 Å². The second-order valence-corrected chi connectivity index (χ2v) is 6.90. The van der Waals surface area contributed by atoms with Crippen LogP contribution >= 0.6 is 0 Å². The SMILES string of the molecule is COc1cccc(-c2cccc(N(C)c3nccc(NC(=O)c4ccccc4)n3)c2)c1. The minimum atomic E-state index is -0.215. The highest BCUT2D eigenvalue weighted by Crippen LogP contribution is 2.29. The third-order valence-electron chi connectivity index (χ3n) is 4.86. The van der Waals surface area contributed by atoms with Crippen molar-refractivity contribution in [2.45, 2.75) is 0 Å². The van der Waals surface area contributed by atoms with Gasteiger partial charge >= 0.3 is 0 Å². The number of nitrogens with zero attached hydrogens (tertiary/aromatic N) is 3. The molecule has 31 heavy (non-hydrogen) atoms. The minimum absolute atomic E-state index is 0.215. The number of rotatable bonds is 6. The molecule has 0 bridgehead atoms. The van der Waals surface area contributed by atoms with Gasteiger partial charge in [0.1, 0.15) is 11.6 Å². The van der Waals surface area contributed by atoms with Crippen molar-refractivity contribution in [2.75, 3.05) is 24.4 Å². The van der Waals surface area contributed by atoms with Gasteiger partial charge in [-0.05, 0) is 53.6 Å². The van der Waals surface area contributed by atoms with Gasteiger partial charge in [0.05, 0.1) is 7.11 Å². The predicted molar refractivity (Wildman–Crippen MR) is 123 cm³/mol. The average molecular weight is 410 g/mol. The first-order valence-corrected chi connectivity index (χ1v) is 9.82. The monoisotopic (exact) mass is 410 g/mol. The molecule has 0 fully saturated rings. The maximum absolute atomic E-state index is 12.4. The number of ether oxygens (including phenoxy) is 1. The smallest absolute Gasteiger partial charge is 0.256 e. The van der Waals surface area contributed by atoms with Crippen LogP contribution in [0.3, 0.4) is 0 Å². The lowest BCUT2D eigenvalue weighted by Gasteiger charge is -2.19. The second kappa shape index (κ2) is 9.09. The van der Waals surface area contributed by atoms with Gasteiger partial charge in [0.25, 0.3) is 5.91 Å². The summed E-state index contributed by atoms with van der Waals surface area (Å²) in [6.45, 7) is 0. The van der Waals surface area contributed by atoms with Gasteiger partial charge in [0, 0.05) is 24.5 Å². The summed E-state index contributed by atoms with van der Waals surface area (Å²) in [5, 5.41) is 2.82. The molecule has 0 saturated carbocycles. The molecule has 4 rings (SSSR count). The van der Waals surface area contributed by atoms with Crippen molar-refractivity contribution in [3.05, 3.63) is 96.7 Å². The lowest BCUT2D eigenvalue weighted by Crippen LogP contribution is -2.16. The molecule has 0 aliphatic carbocycles. The number of benzene rings is 3. The Balaban J connectivity index is 1.56. The lowest BCUT2D eigenvalue weighted by atomic mass is 10.0. The van der Waals surface area contributed by atoms with E-state index in [4.69, 9.17) is 4.74 Å².